The monoisotopic (exact) mass is 305 g/mol. The number of carbonyl (C=O) groups is 1. The summed E-state index contributed by atoms with van der Waals surface area (Å²) in [5.41, 5.74) is 6.91. The zero-order chi connectivity index (χ0) is 15.9. The van der Waals surface area contributed by atoms with Gasteiger partial charge in [-0.25, -0.2) is 0 Å². The highest BCUT2D eigenvalue weighted by molar-refractivity contribution is 5.97. The van der Waals surface area contributed by atoms with E-state index in [2.05, 4.69) is 10.3 Å². The minimum absolute atomic E-state index is 0.146. The second-order valence-corrected chi connectivity index (χ2v) is 5.57. The highest BCUT2D eigenvalue weighted by atomic mass is 16.5. The van der Waals surface area contributed by atoms with Crippen LogP contribution in [-0.2, 0) is 4.79 Å². The van der Waals surface area contributed by atoms with Crippen LogP contribution in [0.3, 0.4) is 0 Å². The topological polar surface area (TPSA) is 96.9 Å². The number of hydrogen-bond donors (Lipinski definition) is 3. The van der Waals surface area contributed by atoms with Crippen LogP contribution in [0.25, 0.3) is 0 Å². The van der Waals surface area contributed by atoms with E-state index in [1.54, 1.807) is 19.1 Å². The molecule has 2 rings (SSSR count). The van der Waals surface area contributed by atoms with Gasteiger partial charge in [0.15, 0.2) is 0 Å². The van der Waals surface area contributed by atoms with Crippen LogP contribution in [0.4, 0.5) is 0 Å². The molecule has 0 spiro atoms. The first-order valence-corrected chi connectivity index (χ1v) is 7.56. The number of amidine groups is 1. The lowest BCUT2D eigenvalue weighted by Crippen LogP contribution is -2.31. The fourth-order valence-corrected chi connectivity index (χ4v) is 2.22. The third-order valence-corrected chi connectivity index (χ3v) is 3.70. The van der Waals surface area contributed by atoms with Gasteiger partial charge in [0.2, 0.25) is 0 Å². The van der Waals surface area contributed by atoms with Crippen molar-refractivity contribution < 1.29 is 14.6 Å². The fraction of sp³-hybridized carbons (Fsp3) is 0.500. The van der Waals surface area contributed by atoms with Crippen molar-refractivity contribution in [3.05, 3.63) is 29.8 Å². The van der Waals surface area contributed by atoms with E-state index in [9.17, 15) is 4.79 Å². The van der Waals surface area contributed by atoms with Gasteiger partial charge < -0.3 is 20.9 Å². The molecule has 1 heterocycles. The summed E-state index contributed by atoms with van der Waals surface area (Å²) in [4.78, 5) is 15.3. The van der Waals surface area contributed by atoms with E-state index in [4.69, 9.17) is 15.6 Å². The number of ether oxygens (including phenoxy) is 1. The number of rotatable bonds is 6. The molecule has 22 heavy (non-hydrogen) atoms. The molecule has 1 fully saturated rings. The van der Waals surface area contributed by atoms with Crippen LogP contribution >= 0.6 is 0 Å². The van der Waals surface area contributed by atoms with E-state index >= 15 is 0 Å². The van der Waals surface area contributed by atoms with Crippen molar-refractivity contribution in [3.8, 4) is 5.75 Å². The summed E-state index contributed by atoms with van der Waals surface area (Å²) in [7, 11) is 0. The molecule has 0 aromatic heterocycles. The quantitative estimate of drug-likeness (QED) is 0.543. The summed E-state index contributed by atoms with van der Waals surface area (Å²) in [5.74, 6) is -0.231. The lowest BCUT2D eigenvalue weighted by atomic mass is 10.1. The molecule has 0 amide bonds. The van der Waals surface area contributed by atoms with Gasteiger partial charge in [-0.15, -0.1) is 0 Å². The molecular weight excluding hydrogens is 282 g/mol. The van der Waals surface area contributed by atoms with Crippen molar-refractivity contribution in [1.29, 1.82) is 0 Å². The Hall–Kier alpha value is -2.08. The summed E-state index contributed by atoms with van der Waals surface area (Å²) in [6.45, 7) is 3.72. The molecule has 0 saturated carbocycles. The maximum Gasteiger partial charge on any atom is 0.309 e. The average molecular weight is 305 g/mol. The van der Waals surface area contributed by atoms with Gasteiger partial charge in [-0.2, -0.15) is 0 Å². The SMILES string of the molecule is CC(COc1ccc(C(N)=NC2CCNCC2)cc1)C(=O)O. The number of piperidine rings is 1. The van der Waals surface area contributed by atoms with Gasteiger partial charge in [-0.3, -0.25) is 9.79 Å². The van der Waals surface area contributed by atoms with Crippen LogP contribution in [-0.4, -0.2) is 42.6 Å². The molecule has 4 N–H and O–H groups in total. The number of aliphatic imine (C=N–C) groups is 1. The molecule has 1 unspecified atom stereocenters. The van der Waals surface area contributed by atoms with E-state index in [0.29, 0.717) is 11.6 Å². The van der Waals surface area contributed by atoms with Crippen LogP contribution < -0.4 is 15.8 Å². The Bertz CT molecular complexity index is 522. The summed E-state index contributed by atoms with van der Waals surface area (Å²) >= 11 is 0. The summed E-state index contributed by atoms with van der Waals surface area (Å²) < 4.78 is 5.44. The predicted molar refractivity (Wildman–Crippen MR) is 85.4 cm³/mol. The standard InChI is InChI=1S/C16H23N3O3/c1-11(16(20)21)10-22-14-4-2-12(3-5-14)15(17)19-13-6-8-18-9-7-13/h2-5,11,13,18H,6-10H2,1H3,(H2,17,19)(H,20,21). The first-order chi connectivity index (χ1) is 10.6. The van der Waals surface area contributed by atoms with Gasteiger partial charge in [0.25, 0.3) is 0 Å². The normalized spacial score (nSPS) is 18.0. The van der Waals surface area contributed by atoms with Gasteiger partial charge in [-0.05, 0) is 57.1 Å². The van der Waals surface area contributed by atoms with Crippen LogP contribution in [0.2, 0.25) is 0 Å². The number of hydrogen-bond acceptors (Lipinski definition) is 4. The molecule has 0 radical (unpaired) electrons. The van der Waals surface area contributed by atoms with Gasteiger partial charge in [0, 0.05) is 5.56 Å². The number of nitrogens with two attached hydrogens (primary N) is 1. The maximum atomic E-state index is 10.7. The number of carboxylic acid groups (broad SMARTS) is 1. The first-order valence-electron chi connectivity index (χ1n) is 7.56. The fourth-order valence-electron chi connectivity index (χ4n) is 2.22. The number of aliphatic carboxylic acids is 1. The van der Waals surface area contributed by atoms with Crippen molar-refractivity contribution in [2.75, 3.05) is 19.7 Å². The van der Waals surface area contributed by atoms with Crippen molar-refractivity contribution in [2.45, 2.75) is 25.8 Å². The number of carboxylic acids is 1. The Balaban J connectivity index is 1.93. The van der Waals surface area contributed by atoms with E-state index < -0.39 is 11.9 Å². The van der Waals surface area contributed by atoms with E-state index in [1.807, 2.05) is 12.1 Å². The molecule has 0 aliphatic carbocycles. The Morgan fingerprint density at radius 1 is 1.41 bits per heavy atom. The van der Waals surface area contributed by atoms with Crippen LogP contribution in [0, 0.1) is 5.92 Å². The molecule has 120 valence electrons. The first kappa shape index (κ1) is 16.3. The highest BCUT2D eigenvalue weighted by Gasteiger charge is 2.13. The number of nitrogens with one attached hydrogen (secondary N) is 1. The molecule has 1 aromatic rings. The number of nitrogens with zero attached hydrogens (tertiary/aromatic N) is 1. The summed E-state index contributed by atoms with van der Waals surface area (Å²) in [5, 5.41) is 12.1. The lowest BCUT2D eigenvalue weighted by molar-refractivity contribution is -0.142. The maximum absolute atomic E-state index is 10.7. The van der Waals surface area contributed by atoms with E-state index in [0.717, 1.165) is 31.5 Å². The summed E-state index contributed by atoms with van der Waals surface area (Å²) in [6, 6.07) is 7.55. The van der Waals surface area contributed by atoms with Crippen LogP contribution in [0.5, 0.6) is 5.75 Å². The average Bonchev–Trinajstić information content (AvgIpc) is 2.54. The summed E-state index contributed by atoms with van der Waals surface area (Å²) in [6.07, 6.45) is 2.02. The molecule has 6 nitrogen and oxygen atoms in total. The Morgan fingerprint density at radius 3 is 2.64 bits per heavy atom. The molecular formula is C16H23N3O3. The van der Waals surface area contributed by atoms with Crippen LogP contribution in [0.1, 0.15) is 25.3 Å². The number of benzene rings is 1. The van der Waals surface area contributed by atoms with E-state index in [-0.39, 0.29) is 12.6 Å². The molecule has 0 bridgehead atoms. The molecule has 6 heteroatoms. The molecule has 1 aliphatic rings. The van der Waals surface area contributed by atoms with Crippen molar-refractivity contribution in [2.24, 2.45) is 16.6 Å². The third-order valence-electron chi connectivity index (χ3n) is 3.70. The van der Waals surface area contributed by atoms with Gasteiger partial charge >= 0.3 is 5.97 Å². The second-order valence-electron chi connectivity index (χ2n) is 5.57. The van der Waals surface area contributed by atoms with Crippen molar-refractivity contribution in [3.63, 3.8) is 0 Å². The van der Waals surface area contributed by atoms with Gasteiger partial charge in [0.1, 0.15) is 18.2 Å². The lowest BCUT2D eigenvalue weighted by Gasteiger charge is -2.19. The highest BCUT2D eigenvalue weighted by Crippen LogP contribution is 2.14. The van der Waals surface area contributed by atoms with Crippen molar-refractivity contribution in [1.82, 2.24) is 5.32 Å². The van der Waals surface area contributed by atoms with Crippen LogP contribution in [0.15, 0.2) is 29.3 Å². The molecule has 1 atom stereocenters. The minimum atomic E-state index is -0.866. The predicted octanol–water partition coefficient (Wildman–Crippen LogP) is 1.24. The zero-order valence-corrected chi connectivity index (χ0v) is 12.8. The Morgan fingerprint density at radius 2 is 2.05 bits per heavy atom. The second kappa shape index (κ2) is 7.79. The van der Waals surface area contributed by atoms with E-state index in [1.165, 1.54) is 0 Å². The molecule has 1 saturated heterocycles. The largest absolute Gasteiger partial charge is 0.493 e. The van der Waals surface area contributed by atoms with Crippen molar-refractivity contribution >= 4 is 11.8 Å². The smallest absolute Gasteiger partial charge is 0.309 e. The Labute approximate surface area is 130 Å². The molecule has 1 aromatic carbocycles. The third kappa shape index (κ3) is 4.73. The zero-order valence-electron chi connectivity index (χ0n) is 12.8. The van der Waals surface area contributed by atoms with Gasteiger partial charge in [0.05, 0.1) is 12.0 Å². The minimum Gasteiger partial charge on any atom is -0.493 e. The molecule has 1 aliphatic heterocycles. The Kier molecular flexibility index (Phi) is 5.77. The van der Waals surface area contributed by atoms with Gasteiger partial charge in [-0.1, -0.05) is 0 Å².